The molecule has 0 spiro atoms. The summed E-state index contributed by atoms with van der Waals surface area (Å²) in [6, 6.07) is 1.42. The highest BCUT2D eigenvalue weighted by Gasteiger charge is 2.34. The minimum Gasteiger partial charge on any atom is -0.203 e. The zero-order chi connectivity index (χ0) is 16.8. The standard InChI is InChI=1S/C13H3ClF8/c14-6-3-4(1-2-5(6)13(20,21)22)7-8(15)10(17)12(19)11(18)9(7)16/h1-3H. The first-order valence-electron chi connectivity index (χ1n) is 5.44. The van der Waals surface area contributed by atoms with Gasteiger partial charge in [0, 0.05) is 0 Å². The maximum Gasteiger partial charge on any atom is 0.417 e. The van der Waals surface area contributed by atoms with E-state index in [0.717, 1.165) is 0 Å². The van der Waals surface area contributed by atoms with E-state index in [1.54, 1.807) is 0 Å². The van der Waals surface area contributed by atoms with Crippen molar-refractivity contribution in [1.82, 2.24) is 0 Å². The molecule has 9 heteroatoms. The van der Waals surface area contributed by atoms with Gasteiger partial charge in [-0.3, -0.25) is 0 Å². The van der Waals surface area contributed by atoms with Crippen LogP contribution >= 0.6 is 11.6 Å². The lowest BCUT2D eigenvalue weighted by molar-refractivity contribution is -0.137. The van der Waals surface area contributed by atoms with Crippen LogP contribution in [-0.4, -0.2) is 0 Å². The van der Waals surface area contributed by atoms with Crippen LogP contribution in [0.5, 0.6) is 0 Å². The number of rotatable bonds is 1. The minimum absolute atomic E-state index is 0.385. The third kappa shape index (κ3) is 2.63. The second-order valence-electron chi connectivity index (χ2n) is 4.14. The van der Waals surface area contributed by atoms with Crippen LogP contribution in [0.2, 0.25) is 5.02 Å². The van der Waals surface area contributed by atoms with E-state index in [2.05, 4.69) is 0 Å². The number of hydrogen-bond acceptors (Lipinski definition) is 0. The Bertz CT molecular complexity index is 722. The summed E-state index contributed by atoms with van der Waals surface area (Å²) in [4.78, 5) is 0. The summed E-state index contributed by atoms with van der Waals surface area (Å²) in [7, 11) is 0. The Kier molecular flexibility index (Phi) is 4.08. The normalized spacial score (nSPS) is 11.9. The Hall–Kier alpha value is -1.83. The van der Waals surface area contributed by atoms with Gasteiger partial charge >= 0.3 is 6.18 Å². The van der Waals surface area contributed by atoms with Crippen LogP contribution in [0, 0.1) is 29.1 Å². The zero-order valence-corrected chi connectivity index (χ0v) is 10.9. The fourth-order valence-corrected chi connectivity index (χ4v) is 2.05. The molecule has 0 heterocycles. The van der Waals surface area contributed by atoms with E-state index in [1.165, 1.54) is 0 Å². The third-order valence-corrected chi connectivity index (χ3v) is 3.09. The molecule has 0 radical (unpaired) electrons. The van der Waals surface area contributed by atoms with Crippen LogP contribution < -0.4 is 0 Å². The molecule has 0 saturated carbocycles. The number of halogens is 9. The summed E-state index contributed by atoms with van der Waals surface area (Å²) in [6.07, 6.45) is -4.83. The zero-order valence-electron chi connectivity index (χ0n) is 10.1. The molecule has 0 fully saturated rings. The molecule has 0 saturated heterocycles. The molecule has 0 unspecified atom stereocenters. The summed E-state index contributed by atoms with van der Waals surface area (Å²) >= 11 is 5.35. The smallest absolute Gasteiger partial charge is 0.203 e. The van der Waals surface area contributed by atoms with Crippen LogP contribution in [0.25, 0.3) is 11.1 Å². The molecule has 0 aromatic heterocycles. The lowest BCUT2D eigenvalue weighted by atomic mass is 10.0. The highest BCUT2D eigenvalue weighted by atomic mass is 35.5. The van der Waals surface area contributed by atoms with E-state index < -0.39 is 57.0 Å². The monoisotopic (exact) mass is 346 g/mol. The van der Waals surface area contributed by atoms with Gasteiger partial charge in [0.05, 0.1) is 16.1 Å². The van der Waals surface area contributed by atoms with Crippen molar-refractivity contribution in [3.63, 3.8) is 0 Å². The first kappa shape index (κ1) is 16.5. The summed E-state index contributed by atoms with van der Waals surface area (Å²) in [6.45, 7) is 0. The molecule has 0 N–H and O–H groups in total. The fraction of sp³-hybridized carbons (Fsp3) is 0.0769. The van der Waals surface area contributed by atoms with Gasteiger partial charge in [0.1, 0.15) is 0 Å². The van der Waals surface area contributed by atoms with Crippen molar-refractivity contribution >= 4 is 11.6 Å². The Morgan fingerprint density at radius 1 is 0.727 bits per heavy atom. The topological polar surface area (TPSA) is 0 Å². The summed E-state index contributed by atoms with van der Waals surface area (Å²) in [5.74, 6) is -11.1. The summed E-state index contributed by atoms with van der Waals surface area (Å²) in [5.41, 5.74) is -3.33. The first-order valence-corrected chi connectivity index (χ1v) is 5.82. The van der Waals surface area contributed by atoms with Gasteiger partial charge < -0.3 is 0 Å². The highest BCUT2D eigenvalue weighted by molar-refractivity contribution is 6.31. The average Bonchev–Trinajstić information content (AvgIpc) is 2.42. The molecular formula is C13H3ClF8. The summed E-state index contributed by atoms with van der Waals surface area (Å²) < 4.78 is 104. The molecule has 2 aromatic rings. The van der Waals surface area contributed by atoms with Crippen molar-refractivity contribution in [3.8, 4) is 11.1 Å². The highest BCUT2D eigenvalue weighted by Crippen LogP contribution is 2.38. The number of benzene rings is 2. The minimum atomic E-state index is -4.83. The van der Waals surface area contributed by atoms with Gasteiger partial charge in [-0.25, -0.2) is 22.0 Å². The average molecular weight is 347 g/mol. The quantitative estimate of drug-likeness (QED) is 0.352. The van der Waals surface area contributed by atoms with E-state index in [4.69, 9.17) is 11.6 Å². The van der Waals surface area contributed by atoms with Crippen molar-refractivity contribution in [3.05, 3.63) is 57.9 Å². The second kappa shape index (κ2) is 5.42. The van der Waals surface area contributed by atoms with Crippen molar-refractivity contribution in [1.29, 1.82) is 0 Å². The van der Waals surface area contributed by atoms with Gasteiger partial charge in [-0.05, 0) is 17.7 Å². The van der Waals surface area contributed by atoms with Gasteiger partial charge in [0.25, 0.3) is 0 Å². The molecule has 118 valence electrons. The van der Waals surface area contributed by atoms with Crippen molar-refractivity contribution < 1.29 is 35.1 Å². The van der Waals surface area contributed by atoms with E-state index >= 15 is 0 Å². The summed E-state index contributed by atoms with van der Waals surface area (Å²) in [5, 5.41) is -0.936. The molecular weight excluding hydrogens is 344 g/mol. The molecule has 2 rings (SSSR count). The predicted octanol–water partition coefficient (Wildman–Crippen LogP) is 5.72. The first-order chi connectivity index (χ1) is 10.1. The molecule has 0 aliphatic rings. The third-order valence-electron chi connectivity index (χ3n) is 2.77. The van der Waals surface area contributed by atoms with Gasteiger partial charge in [0.2, 0.25) is 5.82 Å². The van der Waals surface area contributed by atoms with Crippen molar-refractivity contribution in [2.45, 2.75) is 6.18 Å². The van der Waals surface area contributed by atoms with Gasteiger partial charge in [-0.2, -0.15) is 13.2 Å². The van der Waals surface area contributed by atoms with E-state index in [9.17, 15) is 35.1 Å². The fourth-order valence-electron chi connectivity index (χ4n) is 1.76. The number of alkyl halides is 3. The Balaban J connectivity index is 2.71. The molecule has 0 aliphatic heterocycles. The Morgan fingerprint density at radius 2 is 1.18 bits per heavy atom. The van der Waals surface area contributed by atoms with E-state index in [1.807, 2.05) is 0 Å². The maximum absolute atomic E-state index is 13.6. The van der Waals surface area contributed by atoms with Crippen LogP contribution in [0.1, 0.15) is 5.56 Å². The van der Waals surface area contributed by atoms with Gasteiger partial charge in [0.15, 0.2) is 23.3 Å². The van der Waals surface area contributed by atoms with Crippen LogP contribution in [0.4, 0.5) is 35.1 Å². The largest absolute Gasteiger partial charge is 0.417 e. The van der Waals surface area contributed by atoms with Crippen LogP contribution in [-0.2, 0) is 6.18 Å². The van der Waals surface area contributed by atoms with E-state index in [-0.39, 0.29) is 0 Å². The Labute approximate surface area is 122 Å². The SMILES string of the molecule is Fc1c(F)c(F)c(-c2ccc(C(F)(F)F)c(Cl)c2)c(F)c1F. The second-order valence-corrected chi connectivity index (χ2v) is 4.54. The van der Waals surface area contributed by atoms with Crippen molar-refractivity contribution in [2.24, 2.45) is 0 Å². The van der Waals surface area contributed by atoms with E-state index in [0.29, 0.717) is 18.2 Å². The molecule has 0 aliphatic carbocycles. The molecule has 2 aromatic carbocycles. The lowest BCUT2D eigenvalue weighted by Gasteiger charge is -2.12. The maximum atomic E-state index is 13.6. The molecule has 22 heavy (non-hydrogen) atoms. The van der Waals surface area contributed by atoms with Crippen LogP contribution in [0.15, 0.2) is 18.2 Å². The van der Waals surface area contributed by atoms with Gasteiger partial charge in [-0.1, -0.05) is 17.7 Å². The van der Waals surface area contributed by atoms with Gasteiger partial charge in [-0.15, -0.1) is 0 Å². The van der Waals surface area contributed by atoms with Crippen LogP contribution in [0.3, 0.4) is 0 Å². The Morgan fingerprint density at radius 3 is 1.59 bits per heavy atom. The molecule has 0 nitrogen and oxygen atoms in total. The van der Waals surface area contributed by atoms with Crippen molar-refractivity contribution in [2.75, 3.05) is 0 Å². The molecule has 0 bridgehead atoms. The lowest BCUT2D eigenvalue weighted by Crippen LogP contribution is -2.07. The molecule has 0 amide bonds. The predicted molar refractivity (Wildman–Crippen MR) is 61.7 cm³/mol. The number of hydrogen-bond donors (Lipinski definition) is 0. The molecule has 0 atom stereocenters.